The first-order valence-electron chi connectivity index (χ1n) is 10.0. The highest BCUT2D eigenvalue weighted by molar-refractivity contribution is 5.80. The van der Waals surface area contributed by atoms with Crippen molar-refractivity contribution in [2.45, 2.75) is 52.5 Å². The molecule has 4 rings (SSSR count). The lowest BCUT2D eigenvalue weighted by atomic mass is 9.86. The summed E-state index contributed by atoms with van der Waals surface area (Å²) in [6, 6.07) is 6.21. The quantitative estimate of drug-likeness (QED) is 0.669. The van der Waals surface area contributed by atoms with Crippen LogP contribution in [-0.4, -0.2) is 45.8 Å². The van der Waals surface area contributed by atoms with Crippen LogP contribution in [0.4, 0.5) is 0 Å². The molecule has 1 N–H and O–H groups in total. The first-order valence-corrected chi connectivity index (χ1v) is 10.0. The number of likely N-dealkylation sites (tertiary alicyclic amines) is 1. The van der Waals surface area contributed by atoms with Gasteiger partial charge in [0.25, 0.3) is 0 Å². The number of aromatic nitrogens is 3. The fourth-order valence-electron chi connectivity index (χ4n) is 4.67. The Labute approximate surface area is 161 Å². The molecule has 0 aromatic carbocycles. The van der Waals surface area contributed by atoms with Gasteiger partial charge in [-0.05, 0) is 56.2 Å². The molecule has 1 aliphatic carbocycles. The lowest BCUT2D eigenvalue weighted by Crippen LogP contribution is -2.40. The maximum atomic E-state index is 4.59. The van der Waals surface area contributed by atoms with E-state index in [4.69, 9.17) is 0 Å². The molecule has 1 saturated heterocycles. The smallest absolute Gasteiger partial charge is 0.193 e. The molecule has 6 nitrogen and oxygen atoms in total. The van der Waals surface area contributed by atoms with Crippen LogP contribution in [-0.2, 0) is 6.54 Å². The summed E-state index contributed by atoms with van der Waals surface area (Å²) in [5, 5.41) is 8.02. The van der Waals surface area contributed by atoms with Gasteiger partial charge in [0.05, 0.1) is 5.69 Å². The predicted octanol–water partition coefficient (Wildman–Crippen LogP) is 3.23. The molecule has 2 aromatic rings. The average molecular weight is 367 g/mol. The fraction of sp³-hybridized carbons (Fsp3) is 0.571. The maximum Gasteiger partial charge on any atom is 0.193 e. The van der Waals surface area contributed by atoms with Gasteiger partial charge >= 0.3 is 0 Å². The summed E-state index contributed by atoms with van der Waals surface area (Å²) in [5.41, 5.74) is 3.81. The van der Waals surface area contributed by atoms with Crippen molar-refractivity contribution in [2.24, 2.45) is 10.4 Å². The zero-order valence-electron chi connectivity index (χ0n) is 16.7. The third-order valence-corrected chi connectivity index (χ3v) is 6.10. The van der Waals surface area contributed by atoms with Crippen molar-refractivity contribution >= 4 is 5.96 Å². The maximum absolute atomic E-state index is 4.59. The van der Waals surface area contributed by atoms with Crippen LogP contribution in [0.3, 0.4) is 0 Å². The van der Waals surface area contributed by atoms with E-state index in [1.54, 1.807) is 0 Å². The molecule has 2 aromatic heterocycles. The highest BCUT2D eigenvalue weighted by atomic mass is 15.3. The van der Waals surface area contributed by atoms with Gasteiger partial charge in [-0.15, -0.1) is 0 Å². The highest BCUT2D eigenvalue weighted by Crippen LogP contribution is 2.45. The first kappa shape index (κ1) is 18.0. The monoisotopic (exact) mass is 366 g/mol. The number of aliphatic imine (C=N–C) groups is 1. The fourth-order valence-corrected chi connectivity index (χ4v) is 4.67. The molecule has 0 amide bonds. The van der Waals surface area contributed by atoms with Crippen LogP contribution in [0.5, 0.6) is 0 Å². The van der Waals surface area contributed by atoms with E-state index in [1.807, 2.05) is 37.8 Å². The second kappa shape index (κ2) is 7.33. The topological polar surface area (TPSA) is 58.3 Å². The number of aryl methyl sites for hydroxylation is 2. The summed E-state index contributed by atoms with van der Waals surface area (Å²) in [7, 11) is 1.88. The third-order valence-electron chi connectivity index (χ3n) is 6.10. The highest BCUT2D eigenvalue weighted by Gasteiger charge is 2.41. The molecule has 0 unspecified atom stereocenters. The Kier molecular flexibility index (Phi) is 4.89. The van der Waals surface area contributed by atoms with E-state index < -0.39 is 0 Å². The van der Waals surface area contributed by atoms with E-state index >= 15 is 0 Å². The Morgan fingerprint density at radius 2 is 2.04 bits per heavy atom. The van der Waals surface area contributed by atoms with Crippen molar-refractivity contribution in [2.75, 3.05) is 20.1 Å². The summed E-state index contributed by atoms with van der Waals surface area (Å²) < 4.78 is 1.89. The minimum Gasteiger partial charge on any atom is -0.352 e. The average Bonchev–Trinajstić information content (AvgIpc) is 3.38. The number of hydrogen-bond acceptors (Lipinski definition) is 3. The molecule has 0 bridgehead atoms. The van der Waals surface area contributed by atoms with Crippen molar-refractivity contribution < 1.29 is 0 Å². The number of nitrogens with one attached hydrogen (secondary N) is 1. The van der Waals surface area contributed by atoms with E-state index in [0.717, 1.165) is 48.4 Å². The zero-order valence-corrected chi connectivity index (χ0v) is 16.7. The molecular weight excluding hydrogens is 336 g/mol. The molecule has 144 valence electrons. The summed E-state index contributed by atoms with van der Waals surface area (Å²) >= 11 is 0. The summed E-state index contributed by atoms with van der Waals surface area (Å²) in [4.78, 5) is 11.5. The van der Waals surface area contributed by atoms with Gasteiger partial charge < -0.3 is 10.2 Å². The van der Waals surface area contributed by atoms with Crippen LogP contribution < -0.4 is 5.32 Å². The second-order valence-electron chi connectivity index (χ2n) is 8.14. The molecule has 6 heteroatoms. The van der Waals surface area contributed by atoms with Crippen molar-refractivity contribution in [1.29, 1.82) is 0 Å². The molecule has 3 heterocycles. The van der Waals surface area contributed by atoms with E-state index in [-0.39, 0.29) is 0 Å². The Morgan fingerprint density at radius 1 is 1.22 bits per heavy atom. The summed E-state index contributed by atoms with van der Waals surface area (Å²) in [6.45, 7) is 7.06. The van der Waals surface area contributed by atoms with Crippen LogP contribution in [0, 0.1) is 19.3 Å². The minimum absolute atomic E-state index is 0.556. The standard InChI is InChI=1S/C21H30N6/c1-16-12-17(2)27(25-16)19-7-6-18(13-23-19)14-24-20(22-3)26-11-10-21(15-26)8-4-5-9-21/h6-7,12-13H,4-5,8-11,14-15H2,1-3H3,(H,22,24). The van der Waals surface area contributed by atoms with Gasteiger partial charge in [0, 0.05) is 38.6 Å². The van der Waals surface area contributed by atoms with E-state index in [9.17, 15) is 0 Å². The number of pyridine rings is 1. The number of nitrogens with zero attached hydrogens (tertiary/aromatic N) is 5. The van der Waals surface area contributed by atoms with Crippen molar-refractivity contribution in [3.8, 4) is 5.82 Å². The molecule has 1 aliphatic heterocycles. The zero-order chi connectivity index (χ0) is 18.9. The van der Waals surface area contributed by atoms with Crippen LogP contribution >= 0.6 is 0 Å². The van der Waals surface area contributed by atoms with Crippen molar-refractivity contribution in [3.05, 3.63) is 41.3 Å². The molecular formula is C21H30N6. The van der Waals surface area contributed by atoms with Gasteiger partial charge in [-0.1, -0.05) is 18.9 Å². The second-order valence-corrected chi connectivity index (χ2v) is 8.14. The number of guanidine groups is 1. The predicted molar refractivity (Wildman–Crippen MR) is 108 cm³/mol. The largest absolute Gasteiger partial charge is 0.352 e. The molecule has 27 heavy (non-hydrogen) atoms. The number of rotatable bonds is 3. The lowest BCUT2D eigenvalue weighted by molar-refractivity contribution is 0.309. The summed E-state index contributed by atoms with van der Waals surface area (Å²) in [6.07, 6.45) is 8.80. The van der Waals surface area contributed by atoms with Crippen molar-refractivity contribution in [3.63, 3.8) is 0 Å². The Hall–Kier alpha value is -2.37. The molecule has 2 fully saturated rings. The molecule has 1 saturated carbocycles. The van der Waals surface area contributed by atoms with E-state index in [2.05, 4.69) is 37.4 Å². The van der Waals surface area contributed by atoms with Gasteiger partial charge in [0.2, 0.25) is 0 Å². The van der Waals surface area contributed by atoms with E-state index in [0.29, 0.717) is 5.41 Å². The van der Waals surface area contributed by atoms with Crippen molar-refractivity contribution in [1.82, 2.24) is 25.0 Å². The van der Waals surface area contributed by atoms with Gasteiger partial charge in [-0.2, -0.15) is 5.10 Å². The van der Waals surface area contributed by atoms with Crippen LogP contribution in [0.2, 0.25) is 0 Å². The molecule has 1 spiro atoms. The number of hydrogen-bond donors (Lipinski definition) is 1. The van der Waals surface area contributed by atoms with E-state index in [1.165, 1.54) is 32.1 Å². The third kappa shape index (κ3) is 3.70. The van der Waals surface area contributed by atoms with Gasteiger partial charge in [-0.3, -0.25) is 4.99 Å². The Bertz CT molecular complexity index is 814. The SMILES string of the molecule is CN=C(NCc1ccc(-n2nc(C)cc2C)nc1)N1CCC2(CCCC2)C1. The molecule has 2 aliphatic rings. The molecule has 0 radical (unpaired) electrons. The Balaban J connectivity index is 1.37. The first-order chi connectivity index (χ1) is 13.1. The van der Waals surface area contributed by atoms with Crippen LogP contribution in [0.25, 0.3) is 5.82 Å². The summed E-state index contributed by atoms with van der Waals surface area (Å²) in [5.74, 6) is 1.87. The van der Waals surface area contributed by atoms with Crippen LogP contribution in [0.1, 0.15) is 49.1 Å². The normalized spacial score (nSPS) is 19.2. The minimum atomic E-state index is 0.556. The van der Waals surface area contributed by atoms with Gasteiger partial charge in [-0.25, -0.2) is 9.67 Å². The Morgan fingerprint density at radius 3 is 2.67 bits per heavy atom. The van der Waals surface area contributed by atoms with Gasteiger partial charge in [0.1, 0.15) is 0 Å². The lowest BCUT2D eigenvalue weighted by Gasteiger charge is -2.26. The molecule has 0 atom stereocenters. The van der Waals surface area contributed by atoms with Gasteiger partial charge in [0.15, 0.2) is 11.8 Å². The van der Waals surface area contributed by atoms with Crippen LogP contribution in [0.15, 0.2) is 29.4 Å².